The smallest absolute Gasteiger partial charge is 0.224 e. The molecule has 0 aliphatic heterocycles. The Labute approximate surface area is 131 Å². The van der Waals surface area contributed by atoms with Crippen molar-refractivity contribution in [3.05, 3.63) is 48.3 Å². The summed E-state index contributed by atoms with van der Waals surface area (Å²) in [6.07, 6.45) is 10.6. The van der Waals surface area contributed by atoms with E-state index in [2.05, 4.69) is 16.5 Å². The highest BCUT2D eigenvalue weighted by atomic mass is 16.1. The molecule has 0 unspecified atom stereocenters. The van der Waals surface area contributed by atoms with Crippen LogP contribution in [0.1, 0.15) is 44.1 Å². The van der Waals surface area contributed by atoms with Crippen LogP contribution in [0, 0.1) is 5.92 Å². The molecule has 2 aromatic rings. The summed E-state index contributed by atoms with van der Waals surface area (Å²) in [5.74, 6) is 0.712. The molecule has 116 valence electrons. The van der Waals surface area contributed by atoms with E-state index in [9.17, 15) is 4.79 Å². The van der Waals surface area contributed by atoms with Crippen molar-refractivity contribution in [1.29, 1.82) is 0 Å². The number of hydrogen-bond donors (Lipinski definition) is 1. The topological polar surface area (TPSA) is 46.9 Å². The maximum absolute atomic E-state index is 12.2. The standard InChI is InChI=1S/C18H23N3O/c22-18(13-15-6-2-1-3-7-15)20-17-9-4-8-16(12-17)14-21-11-5-10-19-21/h4-5,8-12,15H,1-3,6-7,13-14H2,(H,20,22). The van der Waals surface area contributed by atoms with Crippen LogP contribution >= 0.6 is 0 Å². The second kappa shape index (κ2) is 7.25. The molecule has 4 heteroatoms. The van der Waals surface area contributed by atoms with Crippen LogP contribution < -0.4 is 5.32 Å². The summed E-state index contributed by atoms with van der Waals surface area (Å²) in [4.78, 5) is 12.2. The van der Waals surface area contributed by atoms with Crippen LogP contribution in [0.4, 0.5) is 5.69 Å². The monoisotopic (exact) mass is 297 g/mol. The van der Waals surface area contributed by atoms with E-state index in [-0.39, 0.29) is 5.91 Å². The van der Waals surface area contributed by atoms with Gasteiger partial charge >= 0.3 is 0 Å². The number of carbonyl (C=O) groups is 1. The lowest BCUT2D eigenvalue weighted by Crippen LogP contribution is -2.18. The molecular weight excluding hydrogens is 274 g/mol. The van der Waals surface area contributed by atoms with Crippen molar-refractivity contribution in [1.82, 2.24) is 9.78 Å². The van der Waals surface area contributed by atoms with Crippen LogP contribution in [0.25, 0.3) is 0 Å². The summed E-state index contributed by atoms with van der Waals surface area (Å²) >= 11 is 0. The van der Waals surface area contributed by atoms with Gasteiger partial charge in [-0.15, -0.1) is 0 Å². The number of anilines is 1. The molecule has 1 fully saturated rings. The zero-order chi connectivity index (χ0) is 15.2. The van der Waals surface area contributed by atoms with Gasteiger partial charge in [0.05, 0.1) is 6.54 Å². The lowest BCUT2D eigenvalue weighted by atomic mass is 9.87. The van der Waals surface area contributed by atoms with Crippen LogP contribution in [0.3, 0.4) is 0 Å². The first-order chi connectivity index (χ1) is 10.8. The Hall–Kier alpha value is -2.10. The van der Waals surface area contributed by atoms with Gasteiger partial charge in [-0.3, -0.25) is 9.48 Å². The molecule has 1 aliphatic carbocycles. The van der Waals surface area contributed by atoms with Crippen LogP contribution in [-0.2, 0) is 11.3 Å². The molecule has 1 heterocycles. The van der Waals surface area contributed by atoms with Crippen LogP contribution in [-0.4, -0.2) is 15.7 Å². The summed E-state index contributed by atoms with van der Waals surface area (Å²) in [5, 5.41) is 7.25. The Morgan fingerprint density at radius 2 is 2.09 bits per heavy atom. The fourth-order valence-electron chi connectivity index (χ4n) is 3.19. The molecule has 1 saturated carbocycles. The first-order valence-corrected chi connectivity index (χ1v) is 8.16. The van der Waals surface area contributed by atoms with Gasteiger partial charge in [-0.2, -0.15) is 5.10 Å². The second-order valence-electron chi connectivity index (χ2n) is 6.16. The number of nitrogens with one attached hydrogen (secondary N) is 1. The average Bonchev–Trinajstić information content (AvgIpc) is 3.01. The van der Waals surface area contributed by atoms with E-state index < -0.39 is 0 Å². The second-order valence-corrected chi connectivity index (χ2v) is 6.16. The number of aromatic nitrogens is 2. The molecule has 3 rings (SSSR count). The van der Waals surface area contributed by atoms with Crippen molar-refractivity contribution < 1.29 is 4.79 Å². The number of rotatable bonds is 5. The fourth-order valence-corrected chi connectivity index (χ4v) is 3.19. The maximum Gasteiger partial charge on any atom is 0.224 e. The van der Waals surface area contributed by atoms with Crippen molar-refractivity contribution in [2.75, 3.05) is 5.32 Å². The van der Waals surface area contributed by atoms with Crippen molar-refractivity contribution in [2.24, 2.45) is 5.92 Å². The fraction of sp³-hybridized carbons (Fsp3) is 0.444. The van der Waals surface area contributed by atoms with Gasteiger partial charge in [0, 0.05) is 24.5 Å². The van der Waals surface area contributed by atoms with E-state index in [1.807, 2.05) is 35.1 Å². The number of carbonyl (C=O) groups excluding carboxylic acids is 1. The van der Waals surface area contributed by atoms with Gasteiger partial charge in [-0.25, -0.2) is 0 Å². The quantitative estimate of drug-likeness (QED) is 0.911. The number of benzene rings is 1. The molecule has 1 amide bonds. The Balaban J connectivity index is 1.56. The molecule has 1 aliphatic rings. The summed E-state index contributed by atoms with van der Waals surface area (Å²) in [7, 11) is 0. The Morgan fingerprint density at radius 3 is 2.86 bits per heavy atom. The number of amides is 1. The van der Waals surface area contributed by atoms with Crippen LogP contribution in [0.15, 0.2) is 42.7 Å². The molecule has 0 saturated heterocycles. The van der Waals surface area contributed by atoms with Crippen LogP contribution in [0.2, 0.25) is 0 Å². The minimum atomic E-state index is 0.142. The molecule has 0 spiro atoms. The minimum absolute atomic E-state index is 0.142. The zero-order valence-corrected chi connectivity index (χ0v) is 12.9. The summed E-state index contributed by atoms with van der Waals surface area (Å²) in [5.41, 5.74) is 2.02. The maximum atomic E-state index is 12.2. The Kier molecular flexibility index (Phi) is 4.88. The molecule has 1 aromatic carbocycles. The SMILES string of the molecule is O=C(CC1CCCCC1)Nc1cccc(Cn2cccn2)c1. The molecule has 0 radical (unpaired) electrons. The van der Waals surface area contributed by atoms with Gasteiger partial charge in [0.2, 0.25) is 5.91 Å². The first-order valence-electron chi connectivity index (χ1n) is 8.16. The molecular formula is C18H23N3O. The predicted molar refractivity (Wildman–Crippen MR) is 87.6 cm³/mol. The van der Waals surface area contributed by atoms with E-state index in [0.29, 0.717) is 12.3 Å². The summed E-state index contributed by atoms with van der Waals surface area (Å²) < 4.78 is 1.88. The average molecular weight is 297 g/mol. The van der Waals surface area contributed by atoms with E-state index in [1.165, 1.54) is 32.1 Å². The van der Waals surface area contributed by atoms with Crippen molar-refractivity contribution in [3.8, 4) is 0 Å². The molecule has 0 atom stereocenters. The van der Waals surface area contributed by atoms with Crippen molar-refractivity contribution in [3.63, 3.8) is 0 Å². The van der Waals surface area contributed by atoms with Gasteiger partial charge in [-0.1, -0.05) is 31.4 Å². The number of nitrogens with zero attached hydrogens (tertiary/aromatic N) is 2. The van der Waals surface area contributed by atoms with Crippen molar-refractivity contribution in [2.45, 2.75) is 45.1 Å². The van der Waals surface area contributed by atoms with Crippen LogP contribution in [0.5, 0.6) is 0 Å². The first kappa shape index (κ1) is 14.8. The van der Waals surface area contributed by atoms with Gasteiger partial charge in [0.15, 0.2) is 0 Å². The number of hydrogen-bond acceptors (Lipinski definition) is 2. The normalized spacial score (nSPS) is 15.6. The molecule has 22 heavy (non-hydrogen) atoms. The summed E-state index contributed by atoms with van der Waals surface area (Å²) in [6, 6.07) is 9.93. The summed E-state index contributed by atoms with van der Waals surface area (Å²) in [6.45, 7) is 0.722. The third-order valence-corrected chi connectivity index (χ3v) is 4.31. The van der Waals surface area contributed by atoms with Gasteiger partial charge < -0.3 is 5.32 Å². The Morgan fingerprint density at radius 1 is 1.23 bits per heavy atom. The molecule has 4 nitrogen and oxygen atoms in total. The van der Waals surface area contributed by atoms with Gasteiger partial charge in [-0.05, 0) is 42.5 Å². The van der Waals surface area contributed by atoms with E-state index in [0.717, 1.165) is 17.8 Å². The van der Waals surface area contributed by atoms with E-state index >= 15 is 0 Å². The van der Waals surface area contributed by atoms with E-state index in [1.54, 1.807) is 6.20 Å². The molecule has 1 N–H and O–H groups in total. The third kappa shape index (κ3) is 4.20. The Bertz CT molecular complexity index is 601. The third-order valence-electron chi connectivity index (χ3n) is 4.31. The van der Waals surface area contributed by atoms with Gasteiger partial charge in [0.1, 0.15) is 0 Å². The predicted octanol–water partition coefficient (Wildman–Crippen LogP) is 3.84. The lowest BCUT2D eigenvalue weighted by Gasteiger charge is -2.20. The zero-order valence-electron chi connectivity index (χ0n) is 12.9. The lowest BCUT2D eigenvalue weighted by molar-refractivity contribution is -0.117. The molecule has 1 aromatic heterocycles. The van der Waals surface area contributed by atoms with E-state index in [4.69, 9.17) is 0 Å². The largest absolute Gasteiger partial charge is 0.326 e. The highest BCUT2D eigenvalue weighted by Gasteiger charge is 2.17. The van der Waals surface area contributed by atoms with Gasteiger partial charge in [0.25, 0.3) is 0 Å². The van der Waals surface area contributed by atoms with Crippen molar-refractivity contribution >= 4 is 11.6 Å². The molecule has 0 bridgehead atoms. The highest BCUT2D eigenvalue weighted by Crippen LogP contribution is 2.26. The highest BCUT2D eigenvalue weighted by molar-refractivity contribution is 5.90. The minimum Gasteiger partial charge on any atom is -0.326 e.